The van der Waals surface area contributed by atoms with Crippen LogP contribution in [-0.2, 0) is 9.59 Å². The fourth-order valence-corrected chi connectivity index (χ4v) is 5.28. The molecular formula is C19H22O3. The smallest absolute Gasteiger partial charge is 0.164 e. The van der Waals surface area contributed by atoms with Gasteiger partial charge in [-0.3, -0.25) is 9.59 Å². The third-order valence-electron chi connectivity index (χ3n) is 6.98. The SMILES string of the molecule is C[C@]12CCC(=O)C=C1C=C[C@@H]1[C@@H]2CC[C@]2(C)C(=O)C=C[C@@]12O. The lowest BCUT2D eigenvalue weighted by molar-refractivity contribution is -0.153. The molecule has 5 atom stereocenters. The van der Waals surface area contributed by atoms with Gasteiger partial charge in [-0.1, -0.05) is 19.1 Å². The lowest BCUT2D eigenvalue weighted by Gasteiger charge is -2.57. The molecule has 4 aliphatic rings. The van der Waals surface area contributed by atoms with Gasteiger partial charge in [-0.2, -0.15) is 0 Å². The summed E-state index contributed by atoms with van der Waals surface area (Å²) in [6.07, 6.45) is 12.2. The van der Waals surface area contributed by atoms with Crippen LogP contribution in [0.3, 0.4) is 0 Å². The van der Waals surface area contributed by atoms with Crippen LogP contribution in [0, 0.1) is 22.7 Å². The van der Waals surface area contributed by atoms with Gasteiger partial charge in [-0.05, 0) is 61.3 Å². The molecule has 1 N–H and O–H groups in total. The molecule has 0 saturated heterocycles. The largest absolute Gasteiger partial charge is 0.384 e. The quantitative estimate of drug-likeness (QED) is 0.748. The zero-order chi connectivity index (χ0) is 15.8. The van der Waals surface area contributed by atoms with Crippen LogP contribution in [0.4, 0.5) is 0 Å². The summed E-state index contributed by atoms with van der Waals surface area (Å²) in [7, 11) is 0. The second kappa shape index (κ2) is 4.08. The van der Waals surface area contributed by atoms with E-state index in [-0.39, 0.29) is 28.8 Å². The van der Waals surface area contributed by atoms with Crippen molar-refractivity contribution in [3.63, 3.8) is 0 Å². The highest BCUT2D eigenvalue weighted by atomic mass is 16.3. The molecule has 0 radical (unpaired) electrons. The van der Waals surface area contributed by atoms with Crippen molar-refractivity contribution >= 4 is 11.6 Å². The molecule has 0 aliphatic heterocycles. The van der Waals surface area contributed by atoms with Gasteiger partial charge < -0.3 is 5.11 Å². The summed E-state index contributed by atoms with van der Waals surface area (Å²) in [5.41, 5.74) is -0.741. The Morgan fingerprint density at radius 2 is 1.95 bits per heavy atom. The molecule has 3 heteroatoms. The van der Waals surface area contributed by atoms with Gasteiger partial charge in [0.2, 0.25) is 0 Å². The number of rotatable bonds is 0. The first-order valence-electron chi connectivity index (χ1n) is 8.20. The third kappa shape index (κ3) is 1.45. The molecule has 0 heterocycles. The Hall–Kier alpha value is -1.48. The summed E-state index contributed by atoms with van der Waals surface area (Å²) < 4.78 is 0. The summed E-state index contributed by atoms with van der Waals surface area (Å²) in [6.45, 7) is 4.12. The number of carbonyl (C=O) groups excluding carboxylic acids is 2. The molecule has 0 bridgehead atoms. The molecule has 0 aromatic carbocycles. The van der Waals surface area contributed by atoms with E-state index in [4.69, 9.17) is 0 Å². The summed E-state index contributed by atoms with van der Waals surface area (Å²) in [5, 5.41) is 11.3. The standard InChI is InChI=1S/C19H22O3/c1-17-8-5-13(20)11-12(17)3-4-15-14(17)6-9-18(2)16(21)7-10-19(15,18)22/h3-4,7,10-11,14-15,22H,5-6,8-9H2,1-2H3/t14-,15+,17-,18+,19+/m0/s1. The van der Waals surface area contributed by atoms with Crippen molar-refractivity contribution in [2.75, 3.05) is 0 Å². The normalized spacial score (nSPS) is 49.5. The van der Waals surface area contributed by atoms with Crippen molar-refractivity contribution in [3.8, 4) is 0 Å². The van der Waals surface area contributed by atoms with Crippen molar-refractivity contribution in [1.82, 2.24) is 0 Å². The van der Waals surface area contributed by atoms with E-state index in [1.54, 1.807) is 18.2 Å². The molecule has 0 aromatic rings. The van der Waals surface area contributed by atoms with Gasteiger partial charge >= 0.3 is 0 Å². The molecule has 1 saturated carbocycles. The number of hydrogen-bond donors (Lipinski definition) is 1. The molecule has 0 aromatic heterocycles. The maximum Gasteiger partial charge on any atom is 0.164 e. The Morgan fingerprint density at radius 3 is 2.73 bits per heavy atom. The van der Waals surface area contributed by atoms with Gasteiger partial charge in [-0.25, -0.2) is 0 Å². The highest BCUT2D eigenvalue weighted by Crippen LogP contribution is 2.62. The van der Waals surface area contributed by atoms with Crippen LogP contribution >= 0.6 is 0 Å². The van der Waals surface area contributed by atoms with Crippen LogP contribution in [-0.4, -0.2) is 22.3 Å². The average molecular weight is 298 g/mol. The lowest BCUT2D eigenvalue weighted by atomic mass is 9.48. The minimum absolute atomic E-state index is 0.0483. The van der Waals surface area contributed by atoms with Crippen LogP contribution < -0.4 is 0 Å². The van der Waals surface area contributed by atoms with E-state index >= 15 is 0 Å². The molecule has 22 heavy (non-hydrogen) atoms. The van der Waals surface area contributed by atoms with Gasteiger partial charge in [0, 0.05) is 12.3 Å². The number of hydrogen-bond acceptors (Lipinski definition) is 3. The first-order valence-corrected chi connectivity index (χ1v) is 8.20. The molecule has 4 rings (SSSR count). The minimum Gasteiger partial charge on any atom is -0.384 e. The van der Waals surface area contributed by atoms with E-state index in [1.165, 1.54) is 0 Å². The highest BCUT2D eigenvalue weighted by molar-refractivity contribution is 5.99. The first kappa shape index (κ1) is 14.1. The second-order valence-corrected chi connectivity index (χ2v) is 7.87. The number of allylic oxidation sites excluding steroid dienone is 4. The number of aliphatic hydroxyl groups is 1. The number of carbonyl (C=O) groups is 2. The van der Waals surface area contributed by atoms with Gasteiger partial charge in [0.15, 0.2) is 11.6 Å². The minimum atomic E-state index is -1.08. The monoisotopic (exact) mass is 298 g/mol. The van der Waals surface area contributed by atoms with E-state index < -0.39 is 11.0 Å². The van der Waals surface area contributed by atoms with Crippen LogP contribution in [0.25, 0.3) is 0 Å². The van der Waals surface area contributed by atoms with E-state index in [0.717, 1.165) is 18.4 Å². The molecule has 1 fully saturated rings. The highest BCUT2D eigenvalue weighted by Gasteiger charge is 2.64. The van der Waals surface area contributed by atoms with Gasteiger partial charge in [0.25, 0.3) is 0 Å². The van der Waals surface area contributed by atoms with Crippen molar-refractivity contribution < 1.29 is 14.7 Å². The zero-order valence-electron chi connectivity index (χ0n) is 13.1. The molecule has 0 unspecified atom stereocenters. The Morgan fingerprint density at radius 1 is 1.18 bits per heavy atom. The third-order valence-corrected chi connectivity index (χ3v) is 6.98. The Bertz CT molecular complexity index is 670. The van der Waals surface area contributed by atoms with E-state index in [2.05, 4.69) is 6.92 Å². The summed E-state index contributed by atoms with van der Waals surface area (Å²) >= 11 is 0. The molecule has 0 amide bonds. The fraction of sp³-hybridized carbons (Fsp3) is 0.579. The average Bonchev–Trinajstić information content (AvgIpc) is 2.72. The van der Waals surface area contributed by atoms with E-state index in [0.29, 0.717) is 12.8 Å². The van der Waals surface area contributed by atoms with Gasteiger partial charge in [0.1, 0.15) is 5.60 Å². The summed E-state index contributed by atoms with van der Waals surface area (Å²) in [4.78, 5) is 24.0. The van der Waals surface area contributed by atoms with Crippen molar-refractivity contribution in [1.29, 1.82) is 0 Å². The molecule has 116 valence electrons. The first-order chi connectivity index (χ1) is 10.3. The molecule has 0 spiro atoms. The second-order valence-electron chi connectivity index (χ2n) is 7.87. The molecule has 4 aliphatic carbocycles. The Kier molecular flexibility index (Phi) is 2.62. The molecule has 3 nitrogen and oxygen atoms in total. The Balaban J connectivity index is 1.84. The van der Waals surface area contributed by atoms with Gasteiger partial charge in [0.05, 0.1) is 5.41 Å². The number of fused-ring (bicyclic) bond motifs is 5. The Labute approximate surface area is 130 Å². The van der Waals surface area contributed by atoms with E-state index in [9.17, 15) is 14.7 Å². The number of ketones is 2. The van der Waals surface area contributed by atoms with Crippen molar-refractivity contribution in [2.24, 2.45) is 22.7 Å². The van der Waals surface area contributed by atoms with Crippen LogP contribution in [0.5, 0.6) is 0 Å². The zero-order valence-corrected chi connectivity index (χ0v) is 13.1. The van der Waals surface area contributed by atoms with Crippen LogP contribution in [0.15, 0.2) is 36.0 Å². The predicted octanol–water partition coefficient (Wildman–Crippen LogP) is 2.75. The maximum atomic E-state index is 12.3. The summed E-state index contributed by atoms with van der Waals surface area (Å²) in [6, 6.07) is 0. The van der Waals surface area contributed by atoms with Crippen molar-refractivity contribution in [3.05, 3.63) is 36.0 Å². The van der Waals surface area contributed by atoms with Crippen LogP contribution in [0.1, 0.15) is 39.5 Å². The molecular weight excluding hydrogens is 276 g/mol. The van der Waals surface area contributed by atoms with E-state index in [1.807, 2.05) is 19.1 Å². The maximum absolute atomic E-state index is 12.3. The van der Waals surface area contributed by atoms with Crippen LogP contribution in [0.2, 0.25) is 0 Å². The lowest BCUT2D eigenvalue weighted by Crippen LogP contribution is -2.59. The topological polar surface area (TPSA) is 54.4 Å². The summed E-state index contributed by atoms with van der Waals surface area (Å²) in [5.74, 6) is 0.479. The predicted molar refractivity (Wildman–Crippen MR) is 83.0 cm³/mol. The van der Waals surface area contributed by atoms with Gasteiger partial charge in [-0.15, -0.1) is 0 Å². The van der Waals surface area contributed by atoms with Crippen molar-refractivity contribution in [2.45, 2.75) is 45.1 Å². The fourth-order valence-electron chi connectivity index (χ4n) is 5.28.